The summed E-state index contributed by atoms with van der Waals surface area (Å²) in [6, 6.07) is 0. The smallest absolute Gasteiger partial charge is 0.305 e. The Balaban J connectivity index is 2.06. The largest absolute Gasteiger partial charge is 0.466 e. The van der Waals surface area contributed by atoms with E-state index in [1.165, 1.54) is 12.8 Å². The minimum absolute atomic E-state index is 0.0764. The molecular formula is C14H27NO3. The van der Waals surface area contributed by atoms with Gasteiger partial charge in [0.2, 0.25) is 0 Å². The number of rotatable bonds is 7. The number of carbonyl (C=O) groups excluding carboxylic acids is 1. The summed E-state index contributed by atoms with van der Waals surface area (Å²) in [6.45, 7) is 6.60. The molecule has 0 bridgehead atoms. The van der Waals surface area contributed by atoms with Crippen molar-refractivity contribution in [2.75, 3.05) is 26.8 Å². The molecule has 1 N–H and O–H groups in total. The quantitative estimate of drug-likeness (QED) is 0.710. The molecule has 0 aromatic heterocycles. The molecule has 1 rings (SSSR count). The number of nitrogens with one attached hydrogen (secondary N) is 1. The molecule has 0 aliphatic carbocycles. The first-order chi connectivity index (χ1) is 8.53. The highest BCUT2D eigenvalue weighted by Gasteiger charge is 2.18. The second kappa shape index (κ2) is 7.74. The van der Waals surface area contributed by atoms with Crippen molar-refractivity contribution < 1.29 is 14.3 Å². The van der Waals surface area contributed by atoms with Gasteiger partial charge in [0.05, 0.1) is 12.2 Å². The molecule has 1 saturated heterocycles. The number of esters is 1. The maximum atomic E-state index is 11.6. The Morgan fingerprint density at radius 2 is 2.22 bits per heavy atom. The summed E-state index contributed by atoms with van der Waals surface area (Å²) >= 11 is 0. The normalized spacial score (nSPS) is 20.7. The molecule has 0 aromatic rings. The number of methoxy groups -OCH3 is 1. The first-order valence-corrected chi connectivity index (χ1v) is 6.95. The molecule has 1 aliphatic rings. The maximum Gasteiger partial charge on any atom is 0.305 e. The van der Waals surface area contributed by atoms with E-state index in [0.29, 0.717) is 18.9 Å². The van der Waals surface area contributed by atoms with Crippen LogP contribution < -0.4 is 5.32 Å². The van der Waals surface area contributed by atoms with Crippen molar-refractivity contribution in [2.45, 2.75) is 51.6 Å². The van der Waals surface area contributed by atoms with Gasteiger partial charge in [-0.1, -0.05) is 0 Å². The Morgan fingerprint density at radius 3 is 2.83 bits per heavy atom. The van der Waals surface area contributed by atoms with E-state index in [1.54, 1.807) is 7.11 Å². The minimum Gasteiger partial charge on any atom is -0.466 e. The summed E-state index contributed by atoms with van der Waals surface area (Å²) in [5.74, 6) is 0.564. The van der Waals surface area contributed by atoms with Crippen LogP contribution in [-0.4, -0.2) is 38.4 Å². The Bertz CT molecular complexity index is 247. The zero-order chi connectivity index (χ0) is 13.4. The van der Waals surface area contributed by atoms with E-state index in [4.69, 9.17) is 9.47 Å². The Labute approximate surface area is 110 Å². The van der Waals surface area contributed by atoms with E-state index in [0.717, 1.165) is 25.9 Å². The number of ether oxygens (including phenoxy) is 2. The van der Waals surface area contributed by atoms with Gasteiger partial charge in [0.25, 0.3) is 0 Å². The van der Waals surface area contributed by atoms with E-state index in [9.17, 15) is 4.79 Å². The van der Waals surface area contributed by atoms with Crippen molar-refractivity contribution in [3.05, 3.63) is 0 Å². The van der Waals surface area contributed by atoms with Crippen LogP contribution >= 0.6 is 0 Å². The van der Waals surface area contributed by atoms with Gasteiger partial charge < -0.3 is 14.8 Å². The molecule has 106 valence electrons. The fourth-order valence-corrected chi connectivity index (χ4v) is 2.08. The molecule has 1 fully saturated rings. The van der Waals surface area contributed by atoms with E-state index in [1.807, 2.05) is 13.8 Å². The van der Waals surface area contributed by atoms with Gasteiger partial charge in [-0.3, -0.25) is 4.79 Å². The SMILES string of the molecule is COC(C)(C)CCOC(=O)CCC1CCCNC1. The fraction of sp³-hybridized carbons (Fsp3) is 0.929. The van der Waals surface area contributed by atoms with Gasteiger partial charge in [-0.2, -0.15) is 0 Å². The third kappa shape index (κ3) is 6.36. The van der Waals surface area contributed by atoms with Crippen LogP contribution in [0.4, 0.5) is 0 Å². The zero-order valence-corrected chi connectivity index (χ0v) is 12.0. The molecule has 0 saturated carbocycles. The van der Waals surface area contributed by atoms with Crippen LogP contribution in [0.3, 0.4) is 0 Å². The molecule has 0 radical (unpaired) electrons. The maximum absolute atomic E-state index is 11.6. The first-order valence-electron chi connectivity index (χ1n) is 6.95. The summed E-state index contributed by atoms with van der Waals surface area (Å²) in [5, 5.41) is 3.36. The van der Waals surface area contributed by atoms with E-state index < -0.39 is 0 Å². The van der Waals surface area contributed by atoms with Gasteiger partial charge in [0.1, 0.15) is 0 Å². The van der Waals surface area contributed by atoms with Crippen molar-refractivity contribution >= 4 is 5.97 Å². The zero-order valence-electron chi connectivity index (χ0n) is 12.0. The van der Waals surface area contributed by atoms with Crippen molar-refractivity contribution in [1.29, 1.82) is 0 Å². The highest BCUT2D eigenvalue weighted by molar-refractivity contribution is 5.69. The number of carbonyl (C=O) groups is 1. The molecule has 0 amide bonds. The molecule has 1 unspecified atom stereocenters. The summed E-state index contributed by atoms with van der Waals surface area (Å²) in [5.41, 5.74) is -0.215. The van der Waals surface area contributed by atoms with Crippen molar-refractivity contribution in [3.63, 3.8) is 0 Å². The fourth-order valence-electron chi connectivity index (χ4n) is 2.08. The number of hydrogen-bond acceptors (Lipinski definition) is 4. The second-order valence-electron chi connectivity index (χ2n) is 5.69. The Morgan fingerprint density at radius 1 is 1.44 bits per heavy atom. The van der Waals surface area contributed by atoms with Gasteiger partial charge in [-0.05, 0) is 52.1 Å². The second-order valence-corrected chi connectivity index (χ2v) is 5.69. The lowest BCUT2D eigenvalue weighted by atomic mass is 9.95. The molecule has 18 heavy (non-hydrogen) atoms. The third-order valence-electron chi connectivity index (χ3n) is 3.68. The van der Waals surface area contributed by atoms with E-state index in [2.05, 4.69) is 5.32 Å². The molecule has 1 atom stereocenters. The monoisotopic (exact) mass is 257 g/mol. The molecular weight excluding hydrogens is 230 g/mol. The first kappa shape index (κ1) is 15.4. The summed E-state index contributed by atoms with van der Waals surface area (Å²) in [7, 11) is 1.68. The van der Waals surface area contributed by atoms with Crippen LogP contribution in [0.2, 0.25) is 0 Å². The van der Waals surface area contributed by atoms with Crippen LogP contribution in [0.15, 0.2) is 0 Å². The summed E-state index contributed by atoms with van der Waals surface area (Å²) in [4.78, 5) is 11.6. The molecule has 0 spiro atoms. The predicted molar refractivity (Wildman–Crippen MR) is 71.5 cm³/mol. The lowest BCUT2D eigenvalue weighted by Crippen LogP contribution is -2.30. The molecule has 4 nitrogen and oxygen atoms in total. The topological polar surface area (TPSA) is 47.6 Å². The average Bonchev–Trinajstić information content (AvgIpc) is 2.37. The van der Waals surface area contributed by atoms with Crippen LogP contribution in [0, 0.1) is 5.92 Å². The van der Waals surface area contributed by atoms with Crippen molar-refractivity contribution in [3.8, 4) is 0 Å². The minimum atomic E-state index is -0.215. The summed E-state index contributed by atoms with van der Waals surface area (Å²) in [6.07, 6.45) is 4.68. The van der Waals surface area contributed by atoms with Gasteiger partial charge >= 0.3 is 5.97 Å². The molecule has 4 heteroatoms. The van der Waals surface area contributed by atoms with Gasteiger partial charge in [-0.15, -0.1) is 0 Å². The van der Waals surface area contributed by atoms with Crippen LogP contribution in [0.1, 0.15) is 46.0 Å². The summed E-state index contributed by atoms with van der Waals surface area (Å²) < 4.78 is 10.5. The lowest BCUT2D eigenvalue weighted by Gasteiger charge is -2.23. The van der Waals surface area contributed by atoms with Crippen LogP contribution in [0.25, 0.3) is 0 Å². The van der Waals surface area contributed by atoms with Crippen LogP contribution in [0.5, 0.6) is 0 Å². The average molecular weight is 257 g/mol. The molecule has 0 aromatic carbocycles. The van der Waals surface area contributed by atoms with Gasteiger partial charge in [-0.25, -0.2) is 0 Å². The van der Waals surface area contributed by atoms with E-state index in [-0.39, 0.29) is 11.6 Å². The third-order valence-corrected chi connectivity index (χ3v) is 3.68. The van der Waals surface area contributed by atoms with Gasteiger partial charge in [0.15, 0.2) is 0 Å². The van der Waals surface area contributed by atoms with Crippen molar-refractivity contribution in [2.24, 2.45) is 5.92 Å². The Kier molecular flexibility index (Phi) is 6.65. The molecule has 1 heterocycles. The highest BCUT2D eigenvalue weighted by atomic mass is 16.5. The number of hydrogen-bond donors (Lipinski definition) is 1. The Hall–Kier alpha value is -0.610. The number of piperidine rings is 1. The molecule has 1 aliphatic heterocycles. The predicted octanol–water partition coefficient (Wildman–Crippen LogP) is 2.12. The lowest BCUT2D eigenvalue weighted by molar-refractivity contribution is -0.145. The van der Waals surface area contributed by atoms with Gasteiger partial charge in [0, 0.05) is 20.0 Å². The highest BCUT2D eigenvalue weighted by Crippen LogP contribution is 2.17. The van der Waals surface area contributed by atoms with E-state index >= 15 is 0 Å². The van der Waals surface area contributed by atoms with Crippen molar-refractivity contribution in [1.82, 2.24) is 5.32 Å². The standard InChI is InChI=1S/C14H27NO3/c1-14(2,17-3)8-10-18-13(16)7-6-12-5-4-9-15-11-12/h12,15H,4-11H2,1-3H3. The van der Waals surface area contributed by atoms with Crippen LogP contribution in [-0.2, 0) is 14.3 Å².